The predicted octanol–water partition coefficient (Wildman–Crippen LogP) is 3.87. The lowest BCUT2D eigenvalue weighted by Crippen LogP contribution is -2.15. The van der Waals surface area contributed by atoms with E-state index in [1.165, 1.54) is 18.4 Å². The average molecular weight is 303 g/mol. The van der Waals surface area contributed by atoms with E-state index in [0.717, 1.165) is 23.8 Å². The molecule has 1 aliphatic carbocycles. The summed E-state index contributed by atoms with van der Waals surface area (Å²) in [7, 11) is 0. The fraction of sp³-hybridized carbons (Fsp3) is 0.353. The fourth-order valence-corrected chi connectivity index (χ4v) is 2.24. The molecule has 3 rings (SSSR count). The number of aromatic nitrogens is 1. The summed E-state index contributed by atoms with van der Waals surface area (Å²) in [5, 5.41) is 4.11. The number of hydrogen-bond donors (Lipinski definition) is 1. The van der Waals surface area contributed by atoms with Crippen molar-refractivity contribution in [3.8, 4) is 5.75 Å². The van der Waals surface area contributed by atoms with Crippen LogP contribution in [0.4, 0.5) is 0 Å². The number of rotatable bonds is 6. The zero-order valence-corrected chi connectivity index (χ0v) is 12.9. The molecule has 4 heteroatoms. The number of hydrogen-bond acceptors (Lipinski definition) is 3. The number of pyridine rings is 1. The molecule has 1 N–H and O–H groups in total. The lowest BCUT2D eigenvalue weighted by molar-refractivity contribution is 0.301. The van der Waals surface area contributed by atoms with E-state index in [1.807, 2.05) is 37.4 Å². The maximum Gasteiger partial charge on any atom is 0.138 e. The summed E-state index contributed by atoms with van der Waals surface area (Å²) in [5.41, 5.74) is 3.24. The Kier molecular flexibility index (Phi) is 4.42. The van der Waals surface area contributed by atoms with Crippen molar-refractivity contribution in [2.45, 2.75) is 39.0 Å². The molecular formula is C17H19ClN2O. The normalized spacial score (nSPS) is 14.2. The van der Waals surface area contributed by atoms with Gasteiger partial charge in [0.25, 0.3) is 0 Å². The van der Waals surface area contributed by atoms with Crippen LogP contribution in [0.2, 0.25) is 5.02 Å². The molecule has 1 heterocycles. The second-order valence-corrected chi connectivity index (χ2v) is 5.94. The average Bonchev–Trinajstić information content (AvgIpc) is 3.31. The van der Waals surface area contributed by atoms with Crippen molar-refractivity contribution in [1.82, 2.24) is 10.3 Å². The van der Waals surface area contributed by atoms with Crippen LogP contribution in [0, 0.1) is 6.92 Å². The Morgan fingerprint density at radius 3 is 2.86 bits per heavy atom. The largest absolute Gasteiger partial charge is 0.486 e. The highest BCUT2D eigenvalue weighted by Gasteiger charge is 2.19. The van der Waals surface area contributed by atoms with Crippen LogP contribution in [-0.2, 0) is 13.2 Å². The zero-order chi connectivity index (χ0) is 14.7. The molecule has 0 spiro atoms. The van der Waals surface area contributed by atoms with Crippen LogP contribution in [0.15, 0.2) is 36.5 Å². The maximum atomic E-state index is 6.11. The van der Waals surface area contributed by atoms with E-state index in [9.17, 15) is 0 Å². The van der Waals surface area contributed by atoms with Crippen LogP contribution in [-0.4, -0.2) is 11.0 Å². The molecule has 0 bridgehead atoms. The third-order valence-corrected chi connectivity index (χ3v) is 3.83. The van der Waals surface area contributed by atoms with Gasteiger partial charge in [0.15, 0.2) is 0 Å². The highest BCUT2D eigenvalue weighted by Crippen LogP contribution is 2.26. The minimum atomic E-state index is 0.430. The molecule has 2 aromatic rings. The van der Waals surface area contributed by atoms with Crippen molar-refractivity contribution in [3.63, 3.8) is 0 Å². The Hall–Kier alpha value is -1.58. The number of halogens is 1. The third kappa shape index (κ3) is 4.19. The van der Waals surface area contributed by atoms with Gasteiger partial charge in [-0.25, -0.2) is 0 Å². The first-order valence-corrected chi connectivity index (χ1v) is 7.64. The van der Waals surface area contributed by atoms with Crippen LogP contribution in [0.1, 0.15) is 29.7 Å². The number of aryl methyl sites for hydroxylation is 1. The minimum absolute atomic E-state index is 0.430. The smallest absolute Gasteiger partial charge is 0.138 e. The van der Waals surface area contributed by atoms with Crippen molar-refractivity contribution in [2.24, 2.45) is 0 Å². The van der Waals surface area contributed by atoms with Crippen molar-refractivity contribution < 1.29 is 4.74 Å². The lowest BCUT2D eigenvalue weighted by Gasteiger charge is -2.09. The molecule has 0 radical (unpaired) electrons. The highest BCUT2D eigenvalue weighted by molar-refractivity contribution is 6.32. The SMILES string of the molecule is Cc1ccc(Cl)c(OCc2ccc(CNC3CC3)cn2)c1. The van der Waals surface area contributed by atoms with Crippen LogP contribution < -0.4 is 10.1 Å². The van der Waals surface area contributed by atoms with Crippen LogP contribution in [0.3, 0.4) is 0 Å². The van der Waals surface area contributed by atoms with E-state index in [1.54, 1.807) is 0 Å². The second kappa shape index (κ2) is 6.46. The van der Waals surface area contributed by atoms with Gasteiger partial charge in [-0.3, -0.25) is 4.98 Å². The Labute approximate surface area is 130 Å². The molecule has 0 amide bonds. The summed E-state index contributed by atoms with van der Waals surface area (Å²) in [6.45, 7) is 3.34. The van der Waals surface area contributed by atoms with Gasteiger partial charge in [-0.15, -0.1) is 0 Å². The second-order valence-electron chi connectivity index (χ2n) is 5.54. The molecule has 0 atom stereocenters. The first-order valence-electron chi connectivity index (χ1n) is 7.27. The topological polar surface area (TPSA) is 34.1 Å². The highest BCUT2D eigenvalue weighted by atomic mass is 35.5. The Morgan fingerprint density at radius 2 is 2.14 bits per heavy atom. The number of nitrogens with one attached hydrogen (secondary N) is 1. The van der Waals surface area contributed by atoms with Crippen molar-refractivity contribution in [2.75, 3.05) is 0 Å². The quantitative estimate of drug-likeness (QED) is 0.879. The summed E-state index contributed by atoms with van der Waals surface area (Å²) < 4.78 is 5.74. The van der Waals surface area contributed by atoms with E-state index in [-0.39, 0.29) is 0 Å². The molecule has 110 valence electrons. The van der Waals surface area contributed by atoms with Gasteiger partial charge in [-0.05, 0) is 49.1 Å². The zero-order valence-electron chi connectivity index (χ0n) is 12.1. The fourth-order valence-electron chi connectivity index (χ4n) is 2.07. The summed E-state index contributed by atoms with van der Waals surface area (Å²) in [6.07, 6.45) is 4.51. The van der Waals surface area contributed by atoms with Gasteiger partial charge in [-0.2, -0.15) is 0 Å². The monoisotopic (exact) mass is 302 g/mol. The third-order valence-electron chi connectivity index (χ3n) is 3.52. The van der Waals surface area contributed by atoms with E-state index in [4.69, 9.17) is 16.3 Å². The molecule has 3 nitrogen and oxygen atoms in total. The predicted molar refractivity (Wildman–Crippen MR) is 84.6 cm³/mol. The molecule has 1 fully saturated rings. The van der Waals surface area contributed by atoms with E-state index in [0.29, 0.717) is 17.4 Å². The number of benzene rings is 1. The molecule has 1 aliphatic rings. The van der Waals surface area contributed by atoms with Gasteiger partial charge in [0, 0.05) is 18.8 Å². The van der Waals surface area contributed by atoms with Crippen LogP contribution in [0.5, 0.6) is 5.75 Å². The molecule has 0 saturated heterocycles. The van der Waals surface area contributed by atoms with E-state index >= 15 is 0 Å². The lowest BCUT2D eigenvalue weighted by atomic mass is 10.2. The van der Waals surface area contributed by atoms with Crippen LogP contribution >= 0.6 is 11.6 Å². The van der Waals surface area contributed by atoms with Gasteiger partial charge in [-0.1, -0.05) is 23.7 Å². The van der Waals surface area contributed by atoms with Crippen LogP contribution in [0.25, 0.3) is 0 Å². The Balaban J connectivity index is 1.55. The van der Waals surface area contributed by atoms with Gasteiger partial charge in [0.05, 0.1) is 10.7 Å². The molecular weight excluding hydrogens is 284 g/mol. The summed E-state index contributed by atoms with van der Waals surface area (Å²) in [6, 6.07) is 10.6. The molecule has 0 unspecified atom stereocenters. The van der Waals surface area contributed by atoms with Crippen molar-refractivity contribution in [1.29, 1.82) is 0 Å². The van der Waals surface area contributed by atoms with Gasteiger partial charge < -0.3 is 10.1 Å². The maximum absolute atomic E-state index is 6.11. The summed E-state index contributed by atoms with van der Waals surface area (Å²) >= 11 is 6.11. The first-order chi connectivity index (χ1) is 10.2. The van der Waals surface area contributed by atoms with Crippen molar-refractivity contribution in [3.05, 3.63) is 58.4 Å². The Morgan fingerprint density at radius 1 is 1.29 bits per heavy atom. The molecule has 0 aliphatic heterocycles. The molecule has 1 saturated carbocycles. The van der Waals surface area contributed by atoms with Crippen molar-refractivity contribution >= 4 is 11.6 Å². The standard InChI is InChI=1S/C17H19ClN2O/c1-12-2-7-16(18)17(8-12)21-11-15-4-3-13(10-20-15)9-19-14-5-6-14/h2-4,7-8,10,14,19H,5-6,9,11H2,1H3. The summed E-state index contributed by atoms with van der Waals surface area (Å²) in [5.74, 6) is 0.706. The molecule has 1 aromatic carbocycles. The van der Waals surface area contributed by atoms with Gasteiger partial charge in [0.1, 0.15) is 12.4 Å². The minimum Gasteiger partial charge on any atom is -0.486 e. The Bertz CT molecular complexity index is 609. The van der Waals surface area contributed by atoms with Gasteiger partial charge in [0.2, 0.25) is 0 Å². The molecule has 21 heavy (non-hydrogen) atoms. The number of nitrogens with zero attached hydrogens (tertiary/aromatic N) is 1. The number of ether oxygens (including phenoxy) is 1. The van der Waals surface area contributed by atoms with E-state index in [2.05, 4.69) is 16.4 Å². The van der Waals surface area contributed by atoms with Gasteiger partial charge >= 0.3 is 0 Å². The summed E-state index contributed by atoms with van der Waals surface area (Å²) in [4.78, 5) is 4.44. The first kappa shape index (κ1) is 14.4. The molecule has 1 aromatic heterocycles. The van der Waals surface area contributed by atoms with E-state index < -0.39 is 0 Å².